The number of hydrogen-bond donors (Lipinski definition) is 2. The molecule has 1 saturated heterocycles. The molecule has 3 rings (SSSR count). The predicted molar refractivity (Wildman–Crippen MR) is 121 cm³/mol. The highest BCUT2D eigenvalue weighted by Gasteiger charge is 2.52. The van der Waals surface area contributed by atoms with Crippen LogP contribution >= 0.6 is 23.2 Å². The summed E-state index contributed by atoms with van der Waals surface area (Å²) in [5.41, 5.74) is 0.254. The zero-order valence-electron chi connectivity index (χ0n) is 17.5. The van der Waals surface area contributed by atoms with Crippen LogP contribution in [0.3, 0.4) is 0 Å². The van der Waals surface area contributed by atoms with Crippen LogP contribution in [0.15, 0.2) is 48.5 Å². The minimum absolute atomic E-state index is 0.374. The van der Waals surface area contributed by atoms with Crippen molar-refractivity contribution < 1.29 is 14.4 Å². The monoisotopic (exact) mass is 461 g/mol. The molecule has 2 N–H and O–H groups in total. The van der Waals surface area contributed by atoms with Gasteiger partial charge in [-0.15, -0.1) is 0 Å². The Morgan fingerprint density at radius 3 is 2.52 bits per heavy atom. The van der Waals surface area contributed by atoms with Crippen LogP contribution in [0.25, 0.3) is 0 Å². The van der Waals surface area contributed by atoms with Crippen LogP contribution in [0.5, 0.6) is 0 Å². The maximum atomic E-state index is 13.4. The van der Waals surface area contributed by atoms with Gasteiger partial charge in [-0.05, 0) is 36.6 Å². The third kappa shape index (κ3) is 4.86. The van der Waals surface area contributed by atoms with E-state index in [0.717, 1.165) is 17.7 Å². The molecule has 1 aliphatic heterocycles. The van der Waals surface area contributed by atoms with E-state index in [1.54, 1.807) is 25.1 Å². The minimum atomic E-state index is -1.15. The molecular weight excluding hydrogens is 437 g/mol. The van der Waals surface area contributed by atoms with E-state index in [1.165, 1.54) is 0 Å². The molecule has 31 heavy (non-hydrogen) atoms. The molecule has 2 atom stereocenters. The maximum Gasteiger partial charge on any atom is 0.325 e. The first-order valence-electron chi connectivity index (χ1n) is 10.2. The zero-order chi connectivity index (χ0) is 22.6. The first-order valence-corrected chi connectivity index (χ1v) is 11.0. The highest BCUT2D eigenvalue weighted by atomic mass is 35.5. The molecule has 2 aromatic carbocycles. The Hall–Kier alpha value is -2.57. The summed E-state index contributed by atoms with van der Waals surface area (Å²) in [6.45, 7) is 3.42. The highest BCUT2D eigenvalue weighted by Crippen LogP contribution is 2.34. The molecule has 0 spiro atoms. The molecule has 1 aliphatic rings. The molecule has 0 saturated carbocycles. The van der Waals surface area contributed by atoms with Crippen LogP contribution in [0.2, 0.25) is 10.0 Å². The third-order valence-corrected chi connectivity index (χ3v) is 6.02. The minimum Gasteiger partial charge on any atom is -0.348 e. The van der Waals surface area contributed by atoms with Gasteiger partial charge in [0.05, 0.1) is 6.04 Å². The van der Waals surface area contributed by atoms with Crippen molar-refractivity contribution in [3.05, 3.63) is 69.7 Å². The van der Waals surface area contributed by atoms with Gasteiger partial charge in [0.2, 0.25) is 5.91 Å². The Kier molecular flexibility index (Phi) is 7.23. The van der Waals surface area contributed by atoms with Gasteiger partial charge in [-0.1, -0.05) is 79.4 Å². The summed E-state index contributed by atoms with van der Waals surface area (Å²) in [5, 5.41) is 6.57. The number of amides is 4. The van der Waals surface area contributed by atoms with E-state index in [2.05, 4.69) is 10.6 Å². The van der Waals surface area contributed by atoms with E-state index in [1.807, 2.05) is 37.3 Å². The van der Waals surface area contributed by atoms with Crippen molar-refractivity contribution in [3.63, 3.8) is 0 Å². The van der Waals surface area contributed by atoms with E-state index in [0.29, 0.717) is 27.6 Å². The van der Waals surface area contributed by atoms with Crippen molar-refractivity contribution in [2.45, 2.75) is 44.7 Å². The lowest BCUT2D eigenvalue weighted by molar-refractivity contribution is -0.135. The van der Waals surface area contributed by atoms with E-state index in [9.17, 15) is 14.4 Å². The molecule has 1 heterocycles. The van der Waals surface area contributed by atoms with Crippen LogP contribution in [0.1, 0.15) is 50.3 Å². The summed E-state index contributed by atoms with van der Waals surface area (Å²) in [4.78, 5) is 39.7. The molecule has 2 aromatic rings. The second-order valence-corrected chi connectivity index (χ2v) is 8.50. The highest BCUT2D eigenvalue weighted by molar-refractivity contribution is 6.35. The van der Waals surface area contributed by atoms with Gasteiger partial charge in [-0.25, -0.2) is 4.79 Å². The molecule has 0 aliphatic carbocycles. The number of hydrogen-bond acceptors (Lipinski definition) is 3. The number of nitrogens with one attached hydrogen (secondary N) is 2. The first-order chi connectivity index (χ1) is 14.8. The van der Waals surface area contributed by atoms with Crippen LogP contribution in [-0.2, 0) is 15.1 Å². The molecule has 4 amide bonds. The Morgan fingerprint density at radius 1 is 1.16 bits per heavy atom. The summed E-state index contributed by atoms with van der Waals surface area (Å²) in [6.07, 6.45) is 2.09. The van der Waals surface area contributed by atoms with Crippen molar-refractivity contribution in [2.24, 2.45) is 0 Å². The number of unbranched alkanes of at least 4 members (excludes halogenated alkanes) is 1. The van der Waals surface area contributed by atoms with Crippen molar-refractivity contribution in [1.82, 2.24) is 15.5 Å². The van der Waals surface area contributed by atoms with Gasteiger partial charge in [0, 0.05) is 10.0 Å². The summed E-state index contributed by atoms with van der Waals surface area (Å²) in [6, 6.07) is 13.2. The molecule has 0 bridgehead atoms. The largest absolute Gasteiger partial charge is 0.348 e. The lowest BCUT2D eigenvalue weighted by Crippen LogP contribution is -2.45. The second-order valence-electron chi connectivity index (χ2n) is 7.65. The van der Waals surface area contributed by atoms with Gasteiger partial charge in [-0.3, -0.25) is 14.5 Å². The molecule has 2 unspecified atom stereocenters. The molecule has 0 radical (unpaired) electrons. The number of rotatable bonds is 8. The number of imide groups is 1. The number of halogens is 2. The van der Waals surface area contributed by atoms with E-state index in [-0.39, 0.29) is 6.54 Å². The van der Waals surface area contributed by atoms with Gasteiger partial charge in [0.15, 0.2) is 0 Å². The number of carbonyl (C=O) groups is 3. The van der Waals surface area contributed by atoms with Crippen LogP contribution < -0.4 is 10.6 Å². The van der Waals surface area contributed by atoms with Crippen LogP contribution in [-0.4, -0.2) is 29.3 Å². The number of carbonyl (C=O) groups excluding carboxylic acids is 3. The molecular formula is C23H25Cl2N3O3. The standard InChI is InChI=1S/C23H25Cl2N3O3/c1-3-4-12-23(16-8-6-5-7-9-16)21(30)28(22(31)27-23)14-20(29)26-15(2)18-11-10-17(24)13-19(18)25/h5-11,13,15H,3-4,12,14H2,1-2H3,(H,26,29)(H,27,31). The molecule has 164 valence electrons. The normalized spacial score (nSPS) is 19.3. The average molecular weight is 462 g/mol. The fourth-order valence-corrected chi connectivity index (χ4v) is 4.38. The van der Waals surface area contributed by atoms with Gasteiger partial charge >= 0.3 is 6.03 Å². The van der Waals surface area contributed by atoms with Crippen LogP contribution in [0, 0.1) is 0 Å². The zero-order valence-corrected chi connectivity index (χ0v) is 19.0. The van der Waals surface area contributed by atoms with Gasteiger partial charge in [0.25, 0.3) is 5.91 Å². The van der Waals surface area contributed by atoms with E-state index < -0.39 is 29.4 Å². The molecule has 1 fully saturated rings. The second kappa shape index (κ2) is 9.71. The average Bonchev–Trinajstić information content (AvgIpc) is 2.97. The fourth-order valence-electron chi connectivity index (χ4n) is 3.80. The topological polar surface area (TPSA) is 78.5 Å². The van der Waals surface area contributed by atoms with Crippen molar-refractivity contribution >= 4 is 41.0 Å². The van der Waals surface area contributed by atoms with Gasteiger partial charge in [-0.2, -0.15) is 0 Å². The smallest absolute Gasteiger partial charge is 0.325 e. The summed E-state index contributed by atoms with van der Waals surface area (Å²) in [5.74, 6) is -0.870. The Balaban J connectivity index is 1.76. The first kappa shape index (κ1) is 23.1. The van der Waals surface area contributed by atoms with Crippen molar-refractivity contribution in [3.8, 4) is 0 Å². The Labute approximate surface area is 191 Å². The summed E-state index contributed by atoms with van der Waals surface area (Å²) < 4.78 is 0. The van der Waals surface area contributed by atoms with E-state index >= 15 is 0 Å². The molecule has 8 heteroatoms. The number of benzene rings is 2. The lowest BCUT2D eigenvalue weighted by atomic mass is 9.85. The lowest BCUT2D eigenvalue weighted by Gasteiger charge is -2.27. The Bertz CT molecular complexity index is 983. The van der Waals surface area contributed by atoms with Gasteiger partial charge in [0.1, 0.15) is 12.1 Å². The number of nitrogens with zero attached hydrogens (tertiary/aromatic N) is 1. The Morgan fingerprint density at radius 2 is 1.87 bits per heavy atom. The summed E-state index contributed by atoms with van der Waals surface area (Å²) in [7, 11) is 0. The van der Waals surface area contributed by atoms with Crippen molar-refractivity contribution in [2.75, 3.05) is 6.54 Å². The fraction of sp³-hybridized carbons (Fsp3) is 0.348. The number of urea groups is 1. The maximum absolute atomic E-state index is 13.4. The van der Waals surface area contributed by atoms with E-state index in [4.69, 9.17) is 23.2 Å². The quantitative estimate of drug-likeness (QED) is 0.553. The van der Waals surface area contributed by atoms with Gasteiger partial charge < -0.3 is 10.6 Å². The third-order valence-electron chi connectivity index (χ3n) is 5.46. The van der Waals surface area contributed by atoms with Crippen LogP contribution in [0.4, 0.5) is 4.79 Å². The predicted octanol–water partition coefficient (Wildman–Crippen LogP) is 4.81. The summed E-state index contributed by atoms with van der Waals surface area (Å²) >= 11 is 12.1. The SMILES string of the molecule is CCCCC1(c2ccccc2)NC(=O)N(CC(=O)NC(C)c2ccc(Cl)cc2Cl)C1=O. The van der Waals surface area contributed by atoms with Crippen molar-refractivity contribution in [1.29, 1.82) is 0 Å². The molecule has 6 nitrogen and oxygen atoms in total. The molecule has 0 aromatic heterocycles.